The first-order valence-corrected chi connectivity index (χ1v) is 7.43. The number of hydrogen-bond acceptors (Lipinski definition) is 4. The van der Waals surface area contributed by atoms with Crippen LogP contribution in [-0.4, -0.2) is 21.2 Å². The van der Waals surface area contributed by atoms with Gasteiger partial charge in [-0.1, -0.05) is 35.5 Å². The lowest BCUT2D eigenvalue weighted by molar-refractivity contribution is 0.0697. The number of carbonyl (C=O) groups is 1. The first kappa shape index (κ1) is 13.7. The summed E-state index contributed by atoms with van der Waals surface area (Å²) >= 11 is 0. The third-order valence-electron chi connectivity index (χ3n) is 4.20. The molecule has 0 saturated heterocycles. The van der Waals surface area contributed by atoms with E-state index in [1.807, 2.05) is 30.3 Å². The summed E-state index contributed by atoms with van der Waals surface area (Å²) in [4.78, 5) is 16.3. The van der Waals surface area contributed by atoms with Crippen LogP contribution < -0.4 is 0 Å². The second-order valence-electron chi connectivity index (χ2n) is 5.65. The van der Waals surface area contributed by atoms with Gasteiger partial charge in [-0.3, -0.25) is 0 Å². The van der Waals surface area contributed by atoms with Gasteiger partial charge in [0.2, 0.25) is 0 Å². The number of aromatic nitrogens is 2. The fourth-order valence-corrected chi connectivity index (χ4v) is 3.17. The highest BCUT2D eigenvalue weighted by Crippen LogP contribution is 2.38. The average Bonchev–Trinajstić information content (AvgIpc) is 3.11. The molecule has 0 saturated carbocycles. The summed E-state index contributed by atoms with van der Waals surface area (Å²) < 4.78 is 5.21. The summed E-state index contributed by atoms with van der Waals surface area (Å²) in [6.07, 6.45) is 3.50. The number of benzene rings is 1. The molecule has 2 aromatic heterocycles. The van der Waals surface area contributed by atoms with Crippen LogP contribution in [0.4, 0.5) is 0 Å². The van der Waals surface area contributed by atoms with Crippen molar-refractivity contribution in [2.45, 2.75) is 19.8 Å². The van der Waals surface area contributed by atoms with Gasteiger partial charge in [-0.05, 0) is 42.5 Å². The zero-order chi connectivity index (χ0) is 16.0. The van der Waals surface area contributed by atoms with E-state index in [2.05, 4.69) is 16.2 Å². The maximum Gasteiger partial charge on any atom is 0.336 e. The van der Waals surface area contributed by atoms with Crippen LogP contribution in [0.2, 0.25) is 0 Å². The smallest absolute Gasteiger partial charge is 0.336 e. The highest BCUT2D eigenvalue weighted by Gasteiger charge is 2.29. The second kappa shape index (κ2) is 5.05. The third kappa shape index (κ3) is 2.12. The van der Waals surface area contributed by atoms with Crippen molar-refractivity contribution < 1.29 is 14.4 Å². The number of allylic oxidation sites excluding steroid dienone is 1. The van der Waals surface area contributed by atoms with E-state index >= 15 is 0 Å². The van der Waals surface area contributed by atoms with E-state index in [4.69, 9.17) is 4.52 Å². The quantitative estimate of drug-likeness (QED) is 0.781. The van der Waals surface area contributed by atoms with Crippen molar-refractivity contribution in [3.63, 3.8) is 0 Å². The Morgan fingerprint density at radius 1 is 1.26 bits per heavy atom. The van der Waals surface area contributed by atoms with Gasteiger partial charge in [0, 0.05) is 0 Å². The molecule has 0 unspecified atom stereocenters. The van der Waals surface area contributed by atoms with Crippen molar-refractivity contribution >= 4 is 28.7 Å². The van der Waals surface area contributed by atoms with E-state index in [0.29, 0.717) is 23.2 Å². The lowest BCUT2D eigenvalue weighted by atomic mass is 10.0. The van der Waals surface area contributed by atoms with Gasteiger partial charge < -0.3 is 9.63 Å². The molecule has 0 fully saturated rings. The molecule has 3 aromatic rings. The van der Waals surface area contributed by atoms with Crippen LogP contribution in [0, 0.1) is 6.92 Å². The van der Waals surface area contributed by atoms with Crippen LogP contribution in [0.3, 0.4) is 0 Å². The van der Waals surface area contributed by atoms with E-state index in [1.165, 1.54) is 0 Å². The molecule has 1 N–H and O–H groups in total. The highest BCUT2D eigenvalue weighted by atomic mass is 16.5. The summed E-state index contributed by atoms with van der Waals surface area (Å²) in [6.45, 7) is 1.74. The zero-order valence-electron chi connectivity index (χ0n) is 12.5. The van der Waals surface area contributed by atoms with Crippen molar-refractivity contribution in [3.05, 3.63) is 58.4 Å². The van der Waals surface area contributed by atoms with Gasteiger partial charge in [-0.15, -0.1) is 0 Å². The summed E-state index contributed by atoms with van der Waals surface area (Å²) in [5, 5.41) is 14.0. The number of carboxylic acids is 1. The molecule has 4 rings (SSSR count). The molecule has 114 valence electrons. The highest BCUT2D eigenvalue weighted by molar-refractivity contribution is 6.06. The average molecular weight is 306 g/mol. The maximum atomic E-state index is 11.8. The summed E-state index contributed by atoms with van der Waals surface area (Å²) in [5.74, 6) is -0.957. The molecule has 0 bridgehead atoms. The fraction of sp³-hybridized carbons (Fsp3) is 0.167. The largest absolute Gasteiger partial charge is 0.478 e. The molecule has 1 aliphatic carbocycles. The molecule has 2 heterocycles. The summed E-state index contributed by atoms with van der Waals surface area (Å²) in [6, 6.07) is 9.94. The van der Waals surface area contributed by atoms with Crippen LogP contribution in [0.25, 0.3) is 22.7 Å². The Hall–Kier alpha value is -2.95. The minimum atomic E-state index is -0.957. The molecular formula is C18H14N2O3. The molecule has 5 heteroatoms. The van der Waals surface area contributed by atoms with Gasteiger partial charge in [0.15, 0.2) is 0 Å². The molecule has 0 amide bonds. The van der Waals surface area contributed by atoms with Gasteiger partial charge in [0.05, 0.1) is 22.3 Å². The molecule has 0 atom stereocenters. The van der Waals surface area contributed by atoms with E-state index in [1.54, 1.807) is 6.92 Å². The van der Waals surface area contributed by atoms with Crippen molar-refractivity contribution in [1.82, 2.24) is 10.1 Å². The first-order chi connectivity index (χ1) is 11.1. The first-order valence-electron chi connectivity index (χ1n) is 7.43. The van der Waals surface area contributed by atoms with Gasteiger partial charge in [-0.2, -0.15) is 0 Å². The van der Waals surface area contributed by atoms with E-state index in [0.717, 1.165) is 28.8 Å². The van der Waals surface area contributed by atoms with Gasteiger partial charge in [-0.25, -0.2) is 9.78 Å². The van der Waals surface area contributed by atoms with Crippen molar-refractivity contribution in [2.75, 3.05) is 0 Å². The SMILES string of the molecule is Cc1noc2nc3c(c(C(=O)O)c12)CC/C3=C\c1ccccc1. The Morgan fingerprint density at radius 2 is 2.04 bits per heavy atom. The van der Waals surface area contributed by atoms with E-state index < -0.39 is 5.97 Å². The van der Waals surface area contributed by atoms with E-state index in [9.17, 15) is 9.90 Å². The Morgan fingerprint density at radius 3 is 2.78 bits per heavy atom. The van der Waals surface area contributed by atoms with Gasteiger partial charge in [0.25, 0.3) is 5.71 Å². The van der Waals surface area contributed by atoms with Crippen LogP contribution in [-0.2, 0) is 6.42 Å². The van der Waals surface area contributed by atoms with E-state index in [-0.39, 0.29) is 5.56 Å². The lowest BCUT2D eigenvalue weighted by Gasteiger charge is -2.05. The maximum absolute atomic E-state index is 11.8. The van der Waals surface area contributed by atoms with Gasteiger partial charge >= 0.3 is 5.97 Å². The second-order valence-corrected chi connectivity index (χ2v) is 5.65. The number of fused-ring (bicyclic) bond motifs is 2. The number of carboxylic acid groups (broad SMARTS) is 1. The van der Waals surface area contributed by atoms with Crippen LogP contribution in [0.15, 0.2) is 34.9 Å². The third-order valence-corrected chi connectivity index (χ3v) is 4.20. The topological polar surface area (TPSA) is 76.2 Å². The molecule has 1 aliphatic rings. The fourth-order valence-electron chi connectivity index (χ4n) is 3.17. The standard InChI is InChI=1S/C18H14N2O3/c1-10-14-15(18(21)22)13-8-7-12(9-11-5-3-2-4-6-11)16(13)19-17(14)23-20-10/h2-6,9H,7-8H2,1H3,(H,21,22)/b12-9+. The Bertz CT molecular complexity index is 955. The summed E-state index contributed by atoms with van der Waals surface area (Å²) in [7, 11) is 0. The lowest BCUT2D eigenvalue weighted by Crippen LogP contribution is -2.05. The molecule has 5 nitrogen and oxygen atoms in total. The van der Waals surface area contributed by atoms with Crippen molar-refractivity contribution in [3.8, 4) is 0 Å². The number of rotatable bonds is 2. The Labute approximate surface area is 132 Å². The van der Waals surface area contributed by atoms with Crippen LogP contribution in [0.5, 0.6) is 0 Å². The molecule has 1 aromatic carbocycles. The molecule has 0 spiro atoms. The minimum absolute atomic E-state index is 0.278. The summed E-state index contributed by atoms with van der Waals surface area (Å²) in [5.41, 5.74) is 4.73. The molecule has 0 aliphatic heterocycles. The van der Waals surface area contributed by atoms with Crippen LogP contribution >= 0.6 is 0 Å². The predicted molar refractivity (Wildman–Crippen MR) is 86.1 cm³/mol. The van der Waals surface area contributed by atoms with Crippen molar-refractivity contribution in [1.29, 1.82) is 0 Å². The number of hydrogen-bond donors (Lipinski definition) is 1. The molecule has 0 radical (unpaired) electrons. The Kier molecular flexibility index (Phi) is 3.01. The number of nitrogens with zero attached hydrogens (tertiary/aromatic N) is 2. The van der Waals surface area contributed by atoms with Gasteiger partial charge in [0.1, 0.15) is 0 Å². The molecule has 23 heavy (non-hydrogen) atoms. The normalized spacial score (nSPS) is 15.3. The number of aromatic carboxylic acids is 1. The molecular weight excluding hydrogens is 292 g/mol. The number of aryl methyl sites for hydroxylation is 1. The minimum Gasteiger partial charge on any atom is -0.478 e. The number of pyridine rings is 1. The zero-order valence-corrected chi connectivity index (χ0v) is 12.5. The Balaban J connectivity index is 1.96. The predicted octanol–water partition coefficient (Wildman–Crippen LogP) is 3.72. The monoisotopic (exact) mass is 306 g/mol. The van der Waals surface area contributed by atoms with Crippen LogP contribution in [0.1, 0.15) is 39.3 Å². The van der Waals surface area contributed by atoms with Crippen molar-refractivity contribution in [2.24, 2.45) is 0 Å².